The van der Waals surface area contributed by atoms with Crippen molar-refractivity contribution >= 4 is 5.69 Å². The van der Waals surface area contributed by atoms with Crippen LogP contribution in [0.4, 0.5) is 5.69 Å². The largest absolute Gasteiger partial charge is 0.492 e. The number of hydrogen-bond donors (Lipinski definition) is 1. The van der Waals surface area contributed by atoms with Gasteiger partial charge in [-0.05, 0) is 43.3 Å². The lowest BCUT2D eigenvalue weighted by atomic mass is 10.2. The molecular formula is C17H22N2O. The SMILES string of the molecule is Cc1ccccc1OCCN(C)Cc1cccc(N)c1. The minimum Gasteiger partial charge on any atom is -0.492 e. The summed E-state index contributed by atoms with van der Waals surface area (Å²) in [6.45, 7) is 4.50. The Morgan fingerprint density at radius 2 is 1.90 bits per heavy atom. The Morgan fingerprint density at radius 3 is 2.65 bits per heavy atom. The van der Waals surface area contributed by atoms with E-state index in [4.69, 9.17) is 10.5 Å². The van der Waals surface area contributed by atoms with Crippen molar-refractivity contribution in [1.29, 1.82) is 0 Å². The second kappa shape index (κ2) is 6.96. The molecule has 2 aromatic rings. The summed E-state index contributed by atoms with van der Waals surface area (Å²) < 4.78 is 5.80. The fourth-order valence-corrected chi connectivity index (χ4v) is 2.11. The van der Waals surface area contributed by atoms with Crippen LogP contribution < -0.4 is 10.5 Å². The lowest BCUT2D eigenvalue weighted by Gasteiger charge is -2.17. The van der Waals surface area contributed by atoms with Crippen molar-refractivity contribution in [2.45, 2.75) is 13.5 Å². The summed E-state index contributed by atoms with van der Waals surface area (Å²) in [5.74, 6) is 0.963. The monoisotopic (exact) mass is 270 g/mol. The van der Waals surface area contributed by atoms with Gasteiger partial charge in [-0.1, -0.05) is 30.3 Å². The maximum absolute atomic E-state index is 5.80. The molecule has 0 spiro atoms. The number of nitrogen functional groups attached to an aromatic ring is 1. The van der Waals surface area contributed by atoms with Gasteiger partial charge >= 0.3 is 0 Å². The van der Waals surface area contributed by atoms with Gasteiger partial charge in [0.1, 0.15) is 12.4 Å². The van der Waals surface area contributed by atoms with Crippen LogP contribution in [0.15, 0.2) is 48.5 Å². The fourth-order valence-electron chi connectivity index (χ4n) is 2.11. The lowest BCUT2D eigenvalue weighted by molar-refractivity contribution is 0.232. The molecule has 0 atom stereocenters. The molecule has 0 aliphatic heterocycles. The van der Waals surface area contributed by atoms with Crippen molar-refractivity contribution in [3.05, 3.63) is 59.7 Å². The molecule has 20 heavy (non-hydrogen) atoms. The Balaban J connectivity index is 1.78. The Labute approximate surface area is 121 Å². The molecule has 0 fully saturated rings. The van der Waals surface area contributed by atoms with Gasteiger partial charge in [0, 0.05) is 18.8 Å². The molecule has 3 nitrogen and oxygen atoms in total. The molecule has 0 aromatic heterocycles. The molecule has 0 bridgehead atoms. The zero-order valence-corrected chi connectivity index (χ0v) is 12.2. The van der Waals surface area contributed by atoms with Crippen LogP contribution in [0.2, 0.25) is 0 Å². The first-order chi connectivity index (χ1) is 9.65. The Hall–Kier alpha value is -2.00. The molecule has 0 amide bonds. The van der Waals surface area contributed by atoms with Gasteiger partial charge in [-0.2, -0.15) is 0 Å². The number of rotatable bonds is 6. The third-order valence-corrected chi connectivity index (χ3v) is 3.23. The number of anilines is 1. The van der Waals surface area contributed by atoms with Gasteiger partial charge in [-0.15, -0.1) is 0 Å². The normalized spacial score (nSPS) is 10.8. The van der Waals surface area contributed by atoms with Crippen LogP contribution in [0.25, 0.3) is 0 Å². The summed E-state index contributed by atoms with van der Waals surface area (Å²) in [7, 11) is 2.09. The van der Waals surface area contributed by atoms with Crippen LogP contribution in [0, 0.1) is 6.92 Å². The van der Waals surface area contributed by atoms with E-state index in [1.54, 1.807) is 0 Å². The van der Waals surface area contributed by atoms with Gasteiger partial charge in [0.25, 0.3) is 0 Å². The highest BCUT2D eigenvalue weighted by molar-refractivity contribution is 5.40. The highest BCUT2D eigenvalue weighted by atomic mass is 16.5. The second-order valence-electron chi connectivity index (χ2n) is 5.10. The maximum Gasteiger partial charge on any atom is 0.122 e. The molecule has 0 radical (unpaired) electrons. The fraction of sp³-hybridized carbons (Fsp3) is 0.294. The van der Waals surface area contributed by atoms with Crippen molar-refractivity contribution in [2.75, 3.05) is 25.9 Å². The summed E-state index contributed by atoms with van der Waals surface area (Å²) >= 11 is 0. The summed E-state index contributed by atoms with van der Waals surface area (Å²) in [5.41, 5.74) is 8.99. The average molecular weight is 270 g/mol. The van der Waals surface area contributed by atoms with E-state index in [1.807, 2.05) is 36.4 Å². The lowest BCUT2D eigenvalue weighted by Crippen LogP contribution is -2.24. The first-order valence-electron chi connectivity index (χ1n) is 6.86. The third-order valence-electron chi connectivity index (χ3n) is 3.23. The molecule has 0 aliphatic rings. The van der Waals surface area contributed by atoms with E-state index in [0.29, 0.717) is 6.61 Å². The smallest absolute Gasteiger partial charge is 0.122 e. The Kier molecular flexibility index (Phi) is 5.02. The zero-order valence-electron chi connectivity index (χ0n) is 12.2. The van der Waals surface area contributed by atoms with E-state index >= 15 is 0 Å². The molecule has 2 aromatic carbocycles. The van der Waals surface area contributed by atoms with Gasteiger partial charge < -0.3 is 10.5 Å². The van der Waals surface area contributed by atoms with Gasteiger partial charge in [0.2, 0.25) is 0 Å². The Morgan fingerprint density at radius 1 is 1.10 bits per heavy atom. The minimum atomic E-state index is 0.684. The molecule has 0 saturated heterocycles. The van der Waals surface area contributed by atoms with Gasteiger partial charge in [0.05, 0.1) is 0 Å². The van der Waals surface area contributed by atoms with E-state index in [0.717, 1.165) is 24.5 Å². The molecule has 0 unspecified atom stereocenters. The maximum atomic E-state index is 5.80. The molecule has 0 heterocycles. The molecule has 0 saturated carbocycles. The number of hydrogen-bond acceptors (Lipinski definition) is 3. The quantitative estimate of drug-likeness (QED) is 0.820. The van der Waals surface area contributed by atoms with E-state index in [2.05, 4.69) is 31.0 Å². The molecule has 3 heteroatoms. The van der Waals surface area contributed by atoms with Gasteiger partial charge in [-0.3, -0.25) is 4.90 Å². The number of nitrogens with zero attached hydrogens (tertiary/aromatic N) is 1. The van der Waals surface area contributed by atoms with E-state index in [-0.39, 0.29) is 0 Å². The van der Waals surface area contributed by atoms with Gasteiger partial charge in [-0.25, -0.2) is 0 Å². The van der Waals surface area contributed by atoms with E-state index in [9.17, 15) is 0 Å². The highest BCUT2D eigenvalue weighted by Gasteiger charge is 2.02. The summed E-state index contributed by atoms with van der Waals surface area (Å²) in [5, 5.41) is 0. The van der Waals surface area contributed by atoms with Gasteiger partial charge in [0.15, 0.2) is 0 Å². The number of likely N-dealkylation sites (N-methyl/N-ethyl adjacent to an activating group) is 1. The van der Waals surface area contributed by atoms with Crippen molar-refractivity contribution in [3.8, 4) is 5.75 Å². The van der Waals surface area contributed by atoms with Crippen molar-refractivity contribution in [2.24, 2.45) is 0 Å². The molecule has 2 rings (SSSR count). The van der Waals surface area contributed by atoms with Crippen molar-refractivity contribution in [3.63, 3.8) is 0 Å². The number of para-hydroxylation sites is 1. The van der Waals surface area contributed by atoms with E-state index < -0.39 is 0 Å². The number of nitrogens with two attached hydrogens (primary N) is 1. The Bertz CT molecular complexity index is 554. The third kappa shape index (κ3) is 4.28. The molecule has 2 N–H and O–H groups in total. The van der Waals surface area contributed by atoms with Crippen LogP contribution in [0.1, 0.15) is 11.1 Å². The van der Waals surface area contributed by atoms with Crippen molar-refractivity contribution < 1.29 is 4.74 Å². The number of benzene rings is 2. The predicted molar refractivity (Wildman–Crippen MR) is 83.9 cm³/mol. The number of ether oxygens (including phenoxy) is 1. The standard InChI is InChI=1S/C17H22N2O/c1-14-6-3-4-9-17(14)20-11-10-19(2)13-15-7-5-8-16(18)12-15/h3-9,12H,10-11,13,18H2,1-2H3. The van der Waals surface area contributed by atoms with Crippen molar-refractivity contribution in [1.82, 2.24) is 4.90 Å². The summed E-state index contributed by atoms with van der Waals surface area (Å²) in [6.07, 6.45) is 0. The van der Waals surface area contributed by atoms with Crippen LogP contribution in [-0.4, -0.2) is 25.1 Å². The van der Waals surface area contributed by atoms with Crippen LogP contribution in [0.3, 0.4) is 0 Å². The van der Waals surface area contributed by atoms with Crippen LogP contribution >= 0.6 is 0 Å². The zero-order chi connectivity index (χ0) is 14.4. The summed E-state index contributed by atoms with van der Waals surface area (Å²) in [4.78, 5) is 2.23. The highest BCUT2D eigenvalue weighted by Crippen LogP contribution is 2.16. The summed E-state index contributed by atoms with van der Waals surface area (Å²) in [6, 6.07) is 16.1. The van der Waals surface area contributed by atoms with Crippen LogP contribution in [0.5, 0.6) is 5.75 Å². The predicted octanol–water partition coefficient (Wildman–Crippen LogP) is 3.09. The molecule has 106 valence electrons. The first-order valence-corrected chi connectivity index (χ1v) is 6.86. The number of aryl methyl sites for hydroxylation is 1. The van der Waals surface area contributed by atoms with E-state index in [1.165, 1.54) is 11.1 Å². The van der Waals surface area contributed by atoms with Crippen LogP contribution in [-0.2, 0) is 6.54 Å². The molecule has 0 aliphatic carbocycles. The molecular weight excluding hydrogens is 248 g/mol. The minimum absolute atomic E-state index is 0.684. The topological polar surface area (TPSA) is 38.5 Å². The second-order valence-corrected chi connectivity index (χ2v) is 5.10. The first kappa shape index (κ1) is 14.4. The average Bonchev–Trinajstić information content (AvgIpc) is 2.41.